The molecule has 0 atom stereocenters. The highest BCUT2D eigenvalue weighted by Crippen LogP contribution is 2.24. The average molecular weight is 325 g/mol. The number of aryl methyl sites for hydroxylation is 1. The highest BCUT2D eigenvalue weighted by Gasteiger charge is 2.45. The number of halogens is 3. The van der Waals surface area contributed by atoms with Gasteiger partial charge in [0, 0.05) is 13.5 Å². The van der Waals surface area contributed by atoms with E-state index in [2.05, 4.69) is 0 Å². The number of alkyl halides is 3. The third-order valence-electron chi connectivity index (χ3n) is 2.59. The maximum absolute atomic E-state index is 12.2. The Morgan fingerprint density at radius 2 is 1.95 bits per heavy atom. The molecule has 0 heterocycles. The minimum atomic E-state index is -5.37. The van der Waals surface area contributed by atoms with Crippen molar-refractivity contribution in [2.45, 2.75) is 25.8 Å². The molecular weight excluding hydrogens is 311 g/mol. The van der Waals surface area contributed by atoms with Crippen molar-refractivity contribution in [3.05, 3.63) is 29.3 Å². The van der Waals surface area contributed by atoms with E-state index >= 15 is 0 Å². The van der Waals surface area contributed by atoms with Gasteiger partial charge in [-0.05, 0) is 30.5 Å². The van der Waals surface area contributed by atoms with Gasteiger partial charge in [0.2, 0.25) is 0 Å². The van der Waals surface area contributed by atoms with Crippen molar-refractivity contribution in [1.29, 1.82) is 0 Å². The van der Waals surface area contributed by atoms with Gasteiger partial charge in [0.15, 0.2) is 0 Å². The molecular formula is C12H14F3NO4S. The van der Waals surface area contributed by atoms with E-state index in [9.17, 15) is 26.4 Å². The van der Waals surface area contributed by atoms with Gasteiger partial charge in [0.05, 0.1) is 0 Å². The molecule has 9 heteroatoms. The zero-order valence-corrected chi connectivity index (χ0v) is 12.1. The van der Waals surface area contributed by atoms with Crippen LogP contribution in [0.3, 0.4) is 0 Å². The fourth-order valence-corrected chi connectivity index (χ4v) is 2.17. The van der Waals surface area contributed by atoms with Crippen LogP contribution in [-0.4, -0.2) is 26.4 Å². The SMILES string of the molecule is CC(=O)Oc1cccc(C)c1CCNS(=O)(=O)C(F)(F)F. The summed E-state index contributed by atoms with van der Waals surface area (Å²) in [5, 5.41) is 0. The van der Waals surface area contributed by atoms with Crippen LogP contribution in [0.5, 0.6) is 5.75 Å². The van der Waals surface area contributed by atoms with Crippen molar-refractivity contribution in [3.63, 3.8) is 0 Å². The zero-order chi connectivity index (χ0) is 16.3. The molecule has 0 amide bonds. The van der Waals surface area contributed by atoms with E-state index in [1.165, 1.54) is 17.7 Å². The van der Waals surface area contributed by atoms with Gasteiger partial charge < -0.3 is 4.74 Å². The van der Waals surface area contributed by atoms with Crippen LogP contribution in [0.25, 0.3) is 0 Å². The van der Waals surface area contributed by atoms with Gasteiger partial charge in [-0.2, -0.15) is 13.2 Å². The van der Waals surface area contributed by atoms with Gasteiger partial charge in [0.1, 0.15) is 5.75 Å². The van der Waals surface area contributed by atoms with E-state index in [0.29, 0.717) is 11.1 Å². The Morgan fingerprint density at radius 1 is 1.33 bits per heavy atom. The number of carbonyl (C=O) groups excluding carboxylic acids is 1. The summed E-state index contributed by atoms with van der Waals surface area (Å²) in [4.78, 5) is 11.0. The van der Waals surface area contributed by atoms with Crippen LogP contribution in [-0.2, 0) is 21.2 Å². The molecule has 5 nitrogen and oxygen atoms in total. The summed E-state index contributed by atoms with van der Waals surface area (Å²) in [7, 11) is -5.37. The summed E-state index contributed by atoms with van der Waals surface area (Å²) in [6, 6.07) is 4.79. The maximum Gasteiger partial charge on any atom is 0.511 e. The third-order valence-corrected chi connectivity index (χ3v) is 3.79. The monoisotopic (exact) mass is 325 g/mol. The molecule has 0 saturated carbocycles. The molecule has 0 radical (unpaired) electrons. The van der Waals surface area contributed by atoms with Crippen molar-refractivity contribution < 1.29 is 31.1 Å². The predicted molar refractivity (Wildman–Crippen MR) is 69.2 cm³/mol. The lowest BCUT2D eigenvalue weighted by molar-refractivity contribution is -0.131. The number of carbonyl (C=O) groups is 1. The molecule has 21 heavy (non-hydrogen) atoms. The summed E-state index contributed by atoms with van der Waals surface area (Å²) in [6.07, 6.45) is -0.0371. The maximum atomic E-state index is 12.2. The third kappa shape index (κ3) is 4.71. The number of hydrogen-bond acceptors (Lipinski definition) is 4. The summed E-state index contributed by atoms with van der Waals surface area (Å²) < 4.78 is 64.6. The van der Waals surface area contributed by atoms with Crippen LogP contribution in [0.2, 0.25) is 0 Å². The number of esters is 1. The number of rotatable bonds is 5. The molecule has 0 aliphatic heterocycles. The Hall–Kier alpha value is -1.61. The molecule has 0 fully saturated rings. The zero-order valence-electron chi connectivity index (χ0n) is 11.3. The summed E-state index contributed by atoms with van der Waals surface area (Å²) in [5.41, 5.74) is -4.20. The Morgan fingerprint density at radius 3 is 2.48 bits per heavy atom. The van der Waals surface area contributed by atoms with Crippen LogP contribution in [0.1, 0.15) is 18.1 Å². The first-order valence-corrected chi connectivity index (χ1v) is 7.36. The first-order valence-electron chi connectivity index (χ1n) is 5.87. The quantitative estimate of drug-likeness (QED) is 0.663. The number of hydrogen-bond donors (Lipinski definition) is 1. The second-order valence-corrected chi connectivity index (χ2v) is 6.00. The minimum Gasteiger partial charge on any atom is -0.426 e. The Balaban J connectivity index is 2.83. The number of nitrogens with one attached hydrogen (secondary N) is 1. The second-order valence-electron chi connectivity index (χ2n) is 4.24. The van der Waals surface area contributed by atoms with E-state index in [1.54, 1.807) is 19.1 Å². The van der Waals surface area contributed by atoms with Gasteiger partial charge in [-0.3, -0.25) is 4.79 Å². The molecule has 0 aromatic heterocycles. The van der Waals surface area contributed by atoms with Gasteiger partial charge in [0.25, 0.3) is 0 Å². The van der Waals surface area contributed by atoms with E-state index in [0.717, 1.165) is 0 Å². The van der Waals surface area contributed by atoms with Crippen LogP contribution in [0.4, 0.5) is 13.2 Å². The molecule has 1 N–H and O–H groups in total. The van der Waals surface area contributed by atoms with E-state index < -0.39 is 28.0 Å². The molecule has 0 unspecified atom stereocenters. The molecule has 0 bridgehead atoms. The molecule has 1 rings (SSSR count). The lowest BCUT2D eigenvalue weighted by Gasteiger charge is -2.13. The van der Waals surface area contributed by atoms with Crippen LogP contribution in [0, 0.1) is 6.92 Å². The first-order chi connectivity index (χ1) is 9.54. The molecule has 0 aliphatic rings. The lowest BCUT2D eigenvalue weighted by atomic mass is 10.0. The predicted octanol–water partition coefficient (Wildman–Crippen LogP) is 1.90. The molecule has 1 aromatic carbocycles. The fraction of sp³-hybridized carbons (Fsp3) is 0.417. The van der Waals surface area contributed by atoms with Gasteiger partial charge in [-0.15, -0.1) is 0 Å². The van der Waals surface area contributed by atoms with E-state index in [-0.39, 0.29) is 12.2 Å². The topological polar surface area (TPSA) is 72.5 Å². The number of benzene rings is 1. The Kier molecular flexibility index (Phi) is 5.35. The number of ether oxygens (including phenoxy) is 1. The first kappa shape index (κ1) is 17.4. The minimum absolute atomic E-state index is 0.0371. The van der Waals surface area contributed by atoms with Gasteiger partial charge in [-0.25, -0.2) is 13.1 Å². The highest BCUT2D eigenvalue weighted by molar-refractivity contribution is 7.90. The fourth-order valence-electron chi connectivity index (χ4n) is 1.64. The van der Waals surface area contributed by atoms with Gasteiger partial charge >= 0.3 is 21.5 Å². The molecule has 118 valence electrons. The summed E-state index contributed by atoms with van der Waals surface area (Å²) in [5.74, 6) is -0.369. The molecule has 0 aliphatic carbocycles. The van der Waals surface area contributed by atoms with Gasteiger partial charge in [-0.1, -0.05) is 12.1 Å². The van der Waals surface area contributed by atoms with Crippen molar-refractivity contribution in [2.24, 2.45) is 0 Å². The largest absolute Gasteiger partial charge is 0.511 e. The molecule has 1 aromatic rings. The second kappa shape index (κ2) is 6.44. The summed E-state index contributed by atoms with van der Waals surface area (Å²) >= 11 is 0. The van der Waals surface area contributed by atoms with Crippen LogP contribution < -0.4 is 9.46 Å². The van der Waals surface area contributed by atoms with E-state index in [4.69, 9.17) is 4.74 Å². The Labute approximate surface area is 120 Å². The van der Waals surface area contributed by atoms with E-state index in [1.807, 2.05) is 0 Å². The normalized spacial score (nSPS) is 12.2. The Bertz CT molecular complexity index is 626. The highest BCUT2D eigenvalue weighted by atomic mass is 32.2. The van der Waals surface area contributed by atoms with Crippen LogP contribution >= 0.6 is 0 Å². The number of sulfonamides is 1. The van der Waals surface area contributed by atoms with Crippen molar-refractivity contribution in [3.8, 4) is 5.75 Å². The molecule has 0 spiro atoms. The molecule has 0 saturated heterocycles. The summed E-state index contributed by atoms with van der Waals surface area (Å²) in [6.45, 7) is 2.42. The standard InChI is InChI=1S/C12H14F3NO4S/c1-8-4-3-5-11(20-9(2)17)10(8)6-7-16-21(18,19)12(13,14)15/h3-5,16H,6-7H2,1-2H3. The smallest absolute Gasteiger partial charge is 0.426 e. The van der Waals surface area contributed by atoms with Crippen molar-refractivity contribution >= 4 is 16.0 Å². The average Bonchev–Trinajstić information content (AvgIpc) is 2.30. The van der Waals surface area contributed by atoms with Crippen LogP contribution in [0.15, 0.2) is 18.2 Å². The van der Waals surface area contributed by atoms with Crippen molar-refractivity contribution in [1.82, 2.24) is 4.72 Å². The van der Waals surface area contributed by atoms with Crippen molar-refractivity contribution in [2.75, 3.05) is 6.54 Å². The lowest BCUT2D eigenvalue weighted by Crippen LogP contribution is -2.37.